The lowest BCUT2D eigenvalue weighted by atomic mass is 10.1. The Bertz CT molecular complexity index is 598. The van der Waals surface area contributed by atoms with Crippen molar-refractivity contribution in [2.24, 2.45) is 0 Å². The Balaban J connectivity index is 2.60. The number of hydrogen-bond donors (Lipinski definition) is 2. The van der Waals surface area contributed by atoms with E-state index in [0.717, 1.165) is 5.56 Å². The third kappa shape index (κ3) is 11.7. The zero-order valence-electron chi connectivity index (χ0n) is 17.1. The van der Waals surface area contributed by atoms with E-state index in [9.17, 15) is 14.3 Å². The molecule has 2 N–H and O–H groups in total. The molecule has 158 valence electrons. The van der Waals surface area contributed by atoms with Crippen molar-refractivity contribution in [2.45, 2.75) is 64.7 Å². The zero-order valence-corrected chi connectivity index (χ0v) is 17.1. The van der Waals surface area contributed by atoms with Crippen LogP contribution < -0.4 is 5.32 Å². The van der Waals surface area contributed by atoms with Gasteiger partial charge in [0.05, 0.1) is 25.4 Å². The molecule has 1 aromatic carbocycles. The molecule has 0 heterocycles. The lowest BCUT2D eigenvalue weighted by Crippen LogP contribution is -2.38. The molecule has 6 nitrogen and oxygen atoms in total. The second-order valence-corrected chi connectivity index (χ2v) is 7.41. The van der Waals surface area contributed by atoms with E-state index in [1.807, 2.05) is 6.92 Å². The molecule has 1 aromatic rings. The molecule has 0 radical (unpaired) electrons. The van der Waals surface area contributed by atoms with E-state index in [1.165, 1.54) is 12.1 Å². The third-order valence-corrected chi connectivity index (χ3v) is 3.57. The lowest BCUT2D eigenvalue weighted by molar-refractivity contribution is -0.291. The summed E-state index contributed by atoms with van der Waals surface area (Å²) in [5.74, 6) is -0.315. The summed E-state index contributed by atoms with van der Waals surface area (Å²) in [5, 5.41) is 13.0. The molecule has 1 amide bonds. The fraction of sp³-hybridized carbons (Fsp3) is 0.571. The van der Waals surface area contributed by atoms with Gasteiger partial charge in [0.15, 0.2) is 0 Å². The van der Waals surface area contributed by atoms with Gasteiger partial charge in [0.1, 0.15) is 11.4 Å². The average molecular weight is 397 g/mol. The molecule has 0 unspecified atom stereocenters. The molecular formula is C21H32FNO5. The quantitative estimate of drug-likeness (QED) is 0.256. The number of carbonyl (C=O) groups is 1. The van der Waals surface area contributed by atoms with Gasteiger partial charge in [-0.3, -0.25) is 0 Å². The molecule has 0 aliphatic heterocycles. The van der Waals surface area contributed by atoms with Gasteiger partial charge in [0.25, 0.3) is 0 Å². The minimum absolute atomic E-state index is 0.315. The SMILES string of the molecule is CCOOCCC[C@H](/C=C/[C@@H](O)Cc1ccc(F)cc1)NC(=O)OC(C)(C)C. The number of aliphatic hydroxyl groups excluding tert-OH is 1. The summed E-state index contributed by atoms with van der Waals surface area (Å²) in [7, 11) is 0. The van der Waals surface area contributed by atoms with Crippen LogP contribution in [0, 0.1) is 5.82 Å². The number of aliphatic hydroxyl groups is 1. The maximum atomic E-state index is 13.0. The summed E-state index contributed by atoms with van der Waals surface area (Å²) in [6, 6.07) is 5.65. The fourth-order valence-electron chi connectivity index (χ4n) is 2.37. The van der Waals surface area contributed by atoms with Gasteiger partial charge in [-0.2, -0.15) is 0 Å². The molecule has 7 heteroatoms. The van der Waals surface area contributed by atoms with Gasteiger partial charge in [-0.1, -0.05) is 24.3 Å². The minimum Gasteiger partial charge on any atom is -0.444 e. The number of amides is 1. The van der Waals surface area contributed by atoms with E-state index in [4.69, 9.17) is 14.5 Å². The molecule has 0 fully saturated rings. The maximum Gasteiger partial charge on any atom is 0.408 e. The summed E-state index contributed by atoms with van der Waals surface area (Å²) in [4.78, 5) is 21.9. The molecule has 0 spiro atoms. The summed E-state index contributed by atoms with van der Waals surface area (Å²) < 4.78 is 18.3. The van der Waals surface area contributed by atoms with Crippen LogP contribution in [0.1, 0.15) is 46.1 Å². The van der Waals surface area contributed by atoms with E-state index in [2.05, 4.69) is 5.32 Å². The molecule has 0 aliphatic carbocycles. The van der Waals surface area contributed by atoms with Gasteiger partial charge in [-0.05, 0) is 58.2 Å². The Labute approximate surface area is 166 Å². The number of ether oxygens (including phenoxy) is 1. The Morgan fingerprint density at radius 2 is 1.89 bits per heavy atom. The highest BCUT2D eigenvalue weighted by Crippen LogP contribution is 2.10. The van der Waals surface area contributed by atoms with Crippen LogP contribution in [0.25, 0.3) is 0 Å². The molecule has 28 heavy (non-hydrogen) atoms. The first-order chi connectivity index (χ1) is 13.2. The van der Waals surface area contributed by atoms with Crippen molar-refractivity contribution >= 4 is 6.09 Å². The monoisotopic (exact) mass is 397 g/mol. The number of carbonyl (C=O) groups excluding carboxylic acids is 1. The van der Waals surface area contributed by atoms with Crippen LogP contribution in [-0.2, 0) is 20.9 Å². The van der Waals surface area contributed by atoms with Gasteiger partial charge >= 0.3 is 6.09 Å². The maximum absolute atomic E-state index is 13.0. The Hall–Kier alpha value is -1.96. The molecule has 2 atom stereocenters. The minimum atomic E-state index is -0.756. The smallest absolute Gasteiger partial charge is 0.408 e. The first-order valence-electron chi connectivity index (χ1n) is 9.54. The summed E-state index contributed by atoms with van der Waals surface area (Å²) >= 11 is 0. The average Bonchev–Trinajstić information content (AvgIpc) is 2.59. The van der Waals surface area contributed by atoms with Crippen LogP contribution in [-0.4, -0.2) is 42.2 Å². The first-order valence-corrected chi connectivity index (χ1v) is 9.54. The lowest BCUT2D eigenvalue weighted by Gasteiger charge is -2.22. The molecule has 0 aromatic heterocycles. The topological polar surface area (TPSA) is 77.0 Å². The Morgan fingerprint density at radius 1 is 1.21 bits per heavy atom. The Morgan fingerprint density at radius 3 is 2.50 bits per heavy atom. The van der Waals surface area contributed by atoms with Crippen molar-refractivity contribution < 1.29 is 28.8 Å². The van der Waals surface area contributed by atoms with Gasteiger partial charge in [0.2, 0.25) is 0 Å². The zero-order chi connectivity index (χ0) is 21.0. The predicted molar refractivity (Wildman–Crippen MR) is 105 cm³/mol. The van der Waals surface area contributed by atoms with Crippen LogP contribution in [0.4, 0.5) is 9.18 Å². The van der Waals surface area contributed by atoms with E-state index < -0.39 is 17.8 Å². The standard InChI is InChI=1S/C21H32FNO5/c1-5-26-27-14-6-7-18(23-20(25)28-21(2,3)4)12-13-19(24)15-16-8-10-17(22)11-9-16/h8-13,18-19,24H,5-7,14-15H2,1-4H3,(H,23,25)/b13-12+/t18-,19-/m1/s1. The summed E-state index contributed by atoms with van der Waals surface area (Å²) in [5.41, 5.74) is 0.221. The van der Waals surface area contributed by atoms with Gasteiger partial charge < -0.3 is 15.2 Å². The second-order valence-electron chi connectivity index (χ2n) is 7.41. The van der Waals surface area contributed by atoms with Gasteiger partial charge in [-0.15, -0.1) is 0 Å². The largest absolute Gasteiger partial charge is 0.444 e. The number of hydrogen-bond acceptors (Lipinski definition) is 5. The highest BCUT2D eigenvalue weighted by Gasteiger charge is 2.18. The van der Waals surface area contributed by atoms with Gasteiger partial charge in [-0.25, -0.2) is 19.0 Å². The van der Waals surface area contributed by atoms with Crippen LogP contribution in [0.2, 0.25) is 0 Å². The highest BCUT2D eigenvalue weighted by molar-refractivity contribution is 5.68. The van der Waals surface area contributed by atoms with Gasteiger partial charge in [0, 0.05) is 6.42 Å². The van der Waals surface area contributed by atoms with Crippen molar-refractivity contribution in [1.29, 1.82) is 0 Å². The van der Waals surface area contributed by atoms with Crippen LogP contribution in [0.5, 0.6) is 0 Å². The van der Waals surface area contributed by atoms with Crippen molar-refractivity contribution in [3.05, 3.63) is 47.8 Å². The van der Waals surface area contributed by atoms with Crippen molar-refractivity contribution in [3.8, 4) is 0 Å². The molecular weight excluding hydrogens is 365 g/mol. The normalized spacial score (nSPS) is 14.1. The molecule has 0 aliphatic rings. The van der Waals surface area contributed by atoms with Crippen LogP contribution >= 0.6 is 0 Å². The van der Waals surface area contributed by atoms with Crippen LogP contribution in [0.3, 0.4) is 0 Å². The van der Waals surface area contributed by atoms with E-state index in [0.29, 0.717) is 32.5 Å². The van der Waals surface area contributed by atoms with Crippen molar-refractivity contribution in [1.82, 2.24) is 5.32 Å². The summed E-state index contributed by atoms with van der Waals surface area (Å²) in [6.07, 6.45) is 3.66. The van der Waals surface area contributed by atoms with E-state index in [1.54, 1.807) is 45.1 Å². The Kier molecular flexibility index (Phi) is 10.7. The third-order valence-electron chi connectivity index (χ3n) is 3.57. The first kappa shape index (κ1) is 24.1. The molecule has 0 bridgehead atoms. The van der Waals surface area contributed by atoms with Crippen molar-refractivity contribution in [2.75, 3.05) is 13.2 Å². The number of halogens is 1. The fourth-order valence-corrected chi connectivity index (χ4v) is 2.37. The molecule has 0 saturated carbocycles. The number of benzene rings is 1. The summed E-state index contributed by atoms with van der Waals surface area (Å²) in [6.45, 7) is 8.07. The van der Waals surface area contributed by atoms with E-state index in [-0.39, 0.29) is 11.9 Å². The van der Waals surface area contributed by atoms with Crippen LogP contribution in [0.15, 0.2) is 36.4 Å². The molecule has 1 rings (SSSR count). The number of rotatable bonds is 11. The second kappa shape index (κ2) is 12.5. The number of alkyl carbamates (subject to hydrolysis) is 1. The number of nitrogens with one attached hydrogen (secondary N) is 1. The highest BCUT2D eigenvalue weighted by atomic mass is 19.1. The molecule has 0 saturated heterocycles. The predicted octanol–water partition coefficient (Wildman–Crippen LogP) is 3.93. The van der Waals surface area contributed by atoms with Crippen molar-refractivity contribution in [3.63, 3.8) is 0 Å². The van der Waals surface area contributed by atoms with E-state index >= 15 is 0 Å².